The molecule has 0 saturated carbocycles. The van der Waals surface area contributed by atoms with E-state index >= 15 is 0 Å². The fourth-order valence-corrected chi connectivity index (χ4v) is 0.419. The van der Waals surface area contributed by atoms with Crippen molar-refractivity contribution in [1.29, 1.82) is 0 Å². The van der Waals surface area contributed by atoms with Gasteiger partial charge in [0.25, 0.3) is 0 Å². The largest absolute Gasteiger partial charge is 0.399 e. The number of aromatic amines is 1. The number of allylic oxidation sites excluding steroid dienone is 1. The highest BCUT2D eigenvalue weighted by Crippen LogP contribution is 1.85. The molecule has 1 rings (SSSR count). The van der Waals surface area contributed by atoms with Crippen LogP contribution in [0.1, 0.15) is 6.92 Å². The summed E-state index contributed by atoms with van der Waals surface area (Å²) in [6.45, 7) is 5.25. The minimum Gasteiger partial charge on any atom is -0.351 e. The molecule has 7 heteroatoms. The van der Waals surface area contributed by atoms with Crippen LogP contribution in [-0.4, -0.2) is 32.6 Å². The molecule has 0 aromatic carbocycles. The number of nitrogens with one attached hydrogen (secondary N) is 1. The summed E-state index contributed by atoms with van der Waals surface area (Å²) >= 11 is 0. The van der Waals surface area contributed by atoms with Gasteiger partial charge in [-0.3, -0.25) is 8.37 Å². The molecule has 1 N–H and O–H groups in total. The van der Waals surface area contributed by atoms with Crippen molar-refractivity contribution in [3.8, 4) is 0 Å². The van der Waals surface area contributed by atoms with Crippen molar-refractivity contribution in [3.05, 3.63) is 31.4 Å². The SMILES string of the molecule is C=CC.COS(=O)(=O)OC.c1c[nH]cn1. The summed E-state index contributed by atoms with van der Waals surface area (Å²) in [5, 5.41) is 0. The number of H-pyrrole nitrogens is 1. The van der Waals surface area contributed by atoms with Gasteiger partial charge in [-0.15, -0.1) is 6.58 Å². The highest BCUT2D eigenvalue weighted by atomic mass is 32.3. The van der Waals surface area contributed by atoms with Crippen LogP contribution in [0.15, 0.2) is 31.4 Å². The van der Waals surface area contributed by atoms with Crippen molar-refractivity contribution in [1.82, 2.24) is 9.97 Å². The summed E-state index contributed by atoms with van der Waals surface area (Å²) in [6.07, 6.45) is 6.83. The molecule has 0 radical (unpaired) electrons. The molecule has 0 saturated heterocycles. The normalized spacial score (nSPS) is 9.00. The molecular weight excluding hydrogens is 220 g/mol. The average Bonchev–Trinajstić information content (AvgIpc) is 2.77. The van der Waals surface area contributed by atoms with Crippen LogP contribution in [0.5, 0.6) is 0 Å². The molecule has 0 amide bonds. The van der Waals surface area contributed by atoms with Gasteiger partial charge in [-0.25, -0.2) is 4.98 Å². The van der Waals surface area contributed by atoms with Crippen molar-refractivity contribution < 1.29 is 16.8 Å². The lowest BCUT2D eigenvalue weighted by atomic mass is 10.8. The van der Waals surface area contributed by atoms with Crippen molar-refractivity contribution in [2.45, 2.75) is 6.92 Å². The van der Waals surface area contributed by atoms with Gasteiger partial charge in [0.15, 0.2) is 0 Å². The number of rotatable bonds is 2. The summed E-state index contributed by atoms with van der Waals surface area (Å²) < 4.78 is 27.5. The Morgan fingerprint density at radius 3 is 1.93 bits per heavy atom. The minimum atomic E-state index is -3.66. The predicted molar refractivity (Wildman–Crippen MR) is 57.4 cm³/mol. The van der Waals surface area contributed by atoms with E-state index in [1.165, 1.54) is 0 Å². The zero-order valence-corrected chi connectivity index (χ0v) is 9.82. The monoisotopic (exact) mass is 236 g/mol. The summed E-state index contributed by atoms with van der Waals surface area (Å²) in [6, 6.07) is 0. The lowest BCUT2D eigenvalue weighted by Crippen LogP contribution is -2.02. The molecule has 15 heavy (non-hydrogen) atoms. The van der Waals surface area contributed by atoms with Crippen LogP contribution in [-0.2, 0) is 18.8 Å². The van der Waals surface area contributed by atoms with Gasteiger partial charge in [0.05, 0.1) is 20.5 Å². The first kappa shape index (κ1) is 16.3. The quantitative estimate of drug-likeness (QED) is 0.778. The third-order valence-corrected chi connectivity index (χ3v) is 1.63. The van der Waals surface area contributed by atoms with Crippen molar-refractivity contribution in [2.75, 3.05) is 14.2 Å². The second-order valence-electron chi connectivity index (χ2n) is 1.91. The first-order valence-electron chi connectivity index (χ1n) is 3.90. The van der Waals surface area contributed by atoms with Crippen molar-refractivity contribution >= 4 is 10.4 Å². The maximum atomic E-state index is 9.92. The number of imidazole rings is 1. The third kappa shape index (κ3) is 15.6. The molecular formula is C8H16N2O4S. The summed E-state index contributed by atoms with van der Waals surface area (Å²) in [5.41, 5.74) is 0. The van der Waals surface area contributed by atoms with Crippen LogP contribution in [0.25, 0.3) is 0 Å². The Morgan fingerprint density at radius 1 is 1.40 bits per heavy atom. The lowest BCUT2D eigenvalue weighted by Gasteiger charge is -1.91. The van der Waals surface area contributed by atoms with Gasteiger partial charge in [-0.05, 0) is 6.92 Å². The van der Waals surface area contributed by atoms with E-state index in [-0.39, 0.29) is 0 Å². The highest BCUT2D eigenvalue weighted by Gasteiger charge is 2.01. The Morgan fingerprint density at radius 2 is 1.87 bits per heavy atom. The fourth-order valence-electron chi connectivity index (χ4n) is 0.283. The first-order chi connectivity index (χ1) is 7.04. The molecule has 0 aliphatic heterocycles. The molecule has 0 spiro atoms. The molecule has 1 aromatic rings. The Kier molecular flexibility index (Phi) is 11.8. The Labute approximate surface area is 90.3 Å². The molecule has 0 aliphatic carbocycles. The molecule has 0 unspecified atom stereocenters. The third-order valence-electron chi connectivity index (χ3n) is 0.814. The number of nitrogens with zero attached hydrogens (tertiary/aromatic N) is 1. The molecule has 1 aromatic heterocycles. The van der Waals surface area contributed by atoms with Gasteiger partial charge in [0.1, 0.15) is 0 Å². The van der Waals surface area contributed by atoms with Crippen LogP contribution < -0.4 is 0 Å². The van der Waals surface area contributed by atoms with Crippen LogP contribution in [0.4, 0.5) is 0 Å². The standard InChI is InChI=1S/C3H4N2.C3H6.C2H6O4S/c1-2-5-3-4-1;1-3-2;1-5-7(3,4)6-2/h1-3H,(H,4,5);3H,1H2,2H3;1-2H3. The van der Waals surface area contributed by atoms with Crippen LogP contribution in [0.2, 0.25) is 0 Å². The van der Waals surface area contributed by atoms with Crippen molar-refractivity contribution in [2.24, 2.45) is 0 Å². The second-order valence-corrected chi connectivity index (χ2v) is 3.39. The van der Waals surface area contributed by atoms with E-state index in [2.05, 4.69) is 24.9 Å². The minimum absolute atomic E-state index is 1.03. The van der Waals surface area contributed by atoms with E-state index in [1.807, 2.05) is 6.92 Å². The lowest BCUT2D eigenvalue weighted by molar-refractivity contribution is 0.286. The van der Waals surface area contributed by atoms with E-state index < -0.39 is 10.4 Å². The maximum Gasteiger partial charge on any atom is 0.399 e. The smallest absolute Gasteiger partial charge is 0.351 e. The van der Waals surface area contributed by atoms with Gasteiger partial charge in [-0.1, -0.05) is 6.08 Å². The topological polar surface area (TPSA) is 81.3 Å². The summed E-state index contributed by atoms with van der Waals surface area (Å²) in [7, 11) is -1.60. The Bertz CT molecular complexity index is 280. The molecule has 1 heterocycles. The fraction of sp³-hybridized carbons (Fsp3) is 0.375. The average molecular weight is 236 g/mol. The first-order valence-corrected chi connectivity index (χ1v) is 5.23. The van der Waals surface area contributed by atoms with Gasteiger partial charge >= 0.3 is 10.4 Å². The van der Waals surface area contributed by atoms with E-state index in [4.69, 9.17) is 0 Å². The molecule has 0 fully saturated rings. The van der Waals surface area contributed by atoms with E-state index in [0.717, 1.165) is 14.2 Å². The molecule has 88 valence electrons. The van der Waals surface area contributed by atoms with Crippen LogP contribution in [0, 0.1) is 0 Å². The van der Waals surface area contributed by atoms with Crippen molar-refractivity contribution in [3.63, 3.8) is 0 Å². The predicted octanol–water partition coefficient (Wildman–Crippen LogP) is 1.13. The van der Waals surface area contributed by atoms with Gasteiger partial charge in [0.2, 0.25) is 0 Å². The van der Waals surface area contributed by atoms with Gasteiger partial charge in [0, 0.05) is 12.4 Å². The highest BCUT2D eigenvalue weighted by molar-refractivity contribution is 7.81. The van der Waals surface area contributed by atoms with Crippen LogP contribution >= 0.6 is 0 Å². The molecule has 0 bridgehead atoms. The number of aromatic nitrogens is 2. The van der Waals surface area contributed by atoms with E-state index in [0.29, 0.717) is 0 Å². The van der Waals surface area contributed by atoms with E-state index in [9.17, 15) is 8.42 Å². The van der Waals surface area contributed by atoms with Crippen LogP contribution in [0.3, 0.4) is 0 Å². The number of hydrogen-bond donors (Lipinski definition) is 1. The van der Waals surface area contributed by atoms with E-state index in [1.54, 1.807) is 24.8 Å². The van der Waals surface area contributed by atoms with Gasteiger partial charge < -0.3 is 4.98 Å². The summed E-state index contributed by atoms with van der Waals surface area (Å²) in [4.78, 5) is 6.42. The summed E-state index contributed by atoms with van der Waals surface area (Å²) in [5.74, 6) is 0. The molecule has 0 aliphatic rings. The second kappa shape index (κ2) is 10.9. The Hall–Kier alpha value is -1.18. The maximum absolute atomic E-state index is 9.92. The zero-order chi connectivity index (χ0) is 12.2. The number of hydrogen-bond acceptors (Lipinski definition) is 5. The zero-order valence-electron chi connectivity index (χ0n) is 9.00. The van der Waals surface area contributed by atoms with Gasteiger partial charge in [-0.2, -0.15) is 8.42 Å². The molecule has 0 atom stereocenters. The Balaban J connectivity index is 0. The molecule has 6 nitrogen and oxygen atoms in total.